The van der Waals surface area contributed by atoms with Gasteiger partial charge >= 0.3 is 0 Å². The number of aromatic nitrogens is 2. The summed E-state index contributed by atoms with van der Waals surface area (Å²) in [5, 5.41) is 3.21. The van der Waals surface area contributed by atoms with Crippen LogP contribution in [-0.4, -0.2) is 9.78 Å². The van der Waals surface area contributed by atoms with E-state index in [9.17, 15) is 4.79 Å². The van der Waals surface area contributed by atoms with Gasteiger partial charge < -0.3 is 0 Å². The molecule has 19 heavy (non-hydrogen) atoms. The molecule has 0 aliphatic carbocycles. The lowest BCUT2D eigenvalue weighted by molar-refractivity contribution is 0.626. The van der Waals surface area contributed by atoms with Gasteiger partial charge in [-0.2, -0.15) is 0 Å². The lowest BCUT2D eigenvalue weighted by Crippen LogP contribution is -2.15. The van der Waals surface area contributed by atoms with Crippen LogP contribution >= 0.6 is 15.9 Å². The maximum atomic E-state index is 12.3. The van der Waals surface area contributed by atoms with E-state index in [-0.39, 0.29) is 5.56 Å². The number of nitrogens with one attached hydrogen (secondary N) is 1. The monoisotopic (exact) mass is 322 g/mol. The highest BCUT2D eigenvalue weighted by atomic mass is 79.9. The Hall–Kier alpha value is -1.29. The zero-order valence-electron chi connectivity index (χ0n) is 11.7. The molecule has 4 heteroatoms. The summed E-state index contributed by atoms with van der Waals surface area (Å²) in [5.74, 6) is 0.502. The summed E-state index contributed by atoms with van der Waals surface area (Å²) >= 11 is 3.40. The Balaban J connectivity index is 2.54. The molecule has 102 valence electrons. The molecule has 0 amide bonds. The number of halogens is 1. The number of aromatic amines is 1. The molecule has 0 saturated heterocycles. The van der Waals surface area contributed by atoms with Crippen LogP contribution in [-0.2, 0) is 6.42 Å². The fourth-order valence-corrected chi connectivity index (χ4v) is 2.66. The van der Waals surface area contributed by atoms with Crippen molar-refractivity contribution in [3.63, 3.8) is 0 Å². The maximum Gasteiger partial charge on any atom is 0.285 e. The molecule has 0 unspecified atom stereocenters. The van der Waals surface area contributed by atoms with Crippen molar-refractivity contribution < 1.29 is 0 Å². The van der Waals surface area contributed by atoms with Crippen LogP contribution in [0.25, 0.3) is 5.69 Å². The molecule has 0 aliphatic rings. The van der Waals surface area contributed by atoms with Crippen LogP contribution in [0, 0.1) is 19.8 Å². The van der Waals surface area contributed by atoms with Gasteiger partial charge in [-0.3, -0.25) is 9.89 Å². The van der Waals surface area contributed by atoms with Gasteiger partial charge in [-0.25, -0.2) is 4.68 Å². The predicted molar refractivity (Wildman–Crippen MR) is 82.1 cm³/mol. The molecule has 0 aliphatic heterocycles. The molecular formula is C15H19BrN2O. The number of nitrogens with zero attached hydrogens (tertiary/aromatic N) is 1. The van der Waals surface area contributed by atoms with E-state index >= 15 is 0 Å². The van der Waals surface area contributed by atoms with E-state index in [2.05, 4.69) is 40.9 Å². The minimum atomic E-state index is -0.0254. The zero-order chi connectivity index (χ0) is 14.2. The van der Waals surface area contributed by atoms with Crippen LogP contribution < -0.4 is 5.56 Å². The van der Waals surface area contributed by atoms with Crippen LogP contribution in [0.4, 0.5) is 0 Å². The summed E-state index contributed by atoms with van der Waals surface area (Å²) in [6.07, 6.45) is 0.855. The molecular weight excluding hydrogens is 304 g/mol. The van der Waals surface area contributed by atoms with Gasteiger partial charge in [0, 0.05) is 0 Å². The molecule has 0 fully saturated rings. The third kappa shape index (κ3) is 2.84. The Kier molecular flexibility index (Phi) is 3.99. The fourth-order valence-electron chi connectivity index (χ4n) is 2.23. The van der Waals surface area contributed by atoms with E-state index in [1.165, 1.54) is 5.56 Å². The summed E-state index contributed by atoms with van der Waals surface area (Å²) in [5.41, 5.74) is 4.13. The van der Waals surface area contributed by atoms with Crippen molar-refractivity contribution in [2.45, 2.75) is 34.1 Å². The lowest BCUT2D eigenvalue weighted by Gasteiger charge is -2.07. The SMILES string of the molecule is Cc1ccc(-n2[nH]c(CC(C)C)c(Br)c2=O)c(C)c1. The second kappa shape index (κ2) is 5.37. The first kappa shape index (κ1) is 14.1. The van der Waals surface area contributed by atoms with Gasteiger partial charge in [0.2, 0.25) is 0 Å². The number of hydrogen-bond acceptors (Lipinski definition) is 1. The summed E-state index contributed by atoms with van der Waals surface area (Å²) in [4.78, 5) is 12.3. The van der Waals surface area contributed by atoms with Gasteiger partial charge in [0.1, 0.15) is 4.47 Å². The molecule has 0 spiro atoms. The number of H-pyrrole nitrogens is 1. The number of aryl methyl sites for hydroxylation is 2. The average molecular weight is 323 g/mol. The normalized spacial score (nSPS) is 11.3. The van der Waals surface area contributed by atoms with Gasteiger partial charge in [-0.05, 0) is 53.7 Å². The second-order valence-corrected chi connectivity index (χ2v) is 6.23. The molecule has 2 rings (SSSR count). The minimum absolute atomic E-state index is 0.0254. The predicted octanol–water partition coefficient (Wildman–Crippen LogP) is 3.74. The van der Waals surface area contributed by atoms with Crippen molar-refractivity contribution in [2.75, 3.05) is 0 Å². The summed E-state index contributed by atoms with van der Waals surface area (Å²) in [7, 11) is 0. The topological polar surface area (TPSA) is 37.8 Å². The van der Waals surface area contributed by atoms with Crippen LogP contribution in [0.5, 0.6) is 0 Å². The molecule has 0 saturated carbocycles. The Labute approximate surface area is 121 Å². The van der Waals surface area contributed by atoms with E-state index in [4.69, 9.17) is 0 Å². The standard InChI is InChI=1S/C15H19BrN2O/c1-9(2)7-12-14(16)15(19)18(17-12)13-6-5-10(3)8-11(13)4/h5-6,8-9,17H,7H2,1-4H3. The first-order valence-electron chi connectivity index (χ1n) is 6.47. The van der Waals surface area contributed by atoms with E-state index in [1.54, 1.807) is 4.68 Å². The van der Waals surface area contributed by atoms with Gasteiger partial charge in [-0.1, -0.05) is 31.5 Å². The van der Waals surface area contributed by atoms with Crippen molar-refractivity contribution in [1.29, 1.82) is 0 Å². The van der Waals surface area contributed by atoms with Gasteiger partial charge in [0.05, 0.1) is 11.4 Å². The second-order valence-electron chi connectivity index (χ2n) is 5.43. The van der Waals surface area contributed by atoms with E-state index < -0.39 is 0 Å². The van der Waals surface area contributed by atoms with Gasteiger partial charge in [0.15, 0.2) is 0 Å². The molecule has 1 heterocycles. The summed E-state index contributed by atoms with van der Waals surface area (Å²) in [6, 6.07) is 6.08. The molecule has 0 radical (unpaired) electrons. The van der Waals surface area contributed by atoms with E-state index in [1.807, 2.05) is 26.0 Å². The zero-order valence-corrected chi connectivity index (χ0v) is 13.3. The summed E-state index contributed by atoms with van der Waals surface area (Å²) < 4.78 is 2.26. The minimum Gasteiger partial charge on any atom is -0.294 e. The Morgan fingerprint density at radius 2 is 2.00 bits per heavy atom. The molecule has 1 aromatic heterocycles. The van der Waals surface area contributed by atoms with Crippen LogP contribution in [0.3, 0.4) is 0 Å². The Morgan fingerprint density at radius 1 is 1.32 bits per heavy atom. The lowest BCUT2D eigenvalue weighted by atomic mass is 10.1. The maximum absolute atomic E-state index is 12.3. The quantitative estimate of drug-likeness (QED) is 0.918. The van der Waals surface area contributed by atoms with Crippen molar-refractivity contribution in [2.24, 2.45) is 5.92 Å². The third-order valence-electron chi connectivity index (χ3n) is 3.11. The molecule has 2 aromatic rings. The fraction of sp³-hybridized carbons (Fsp3) is 0.400. The van der Waals surface area contributed by atoms with E-state index in [0.29, 0.717) is 10.4 Å². The first-order chi connectivity index (χ1) is 8.90. The number of hydrogen-bond donors (Lipinski definition) is 1. The van der Waals surface area contributed by atoms with Crippen LogP contribution in [0.15, 0.2) is 27.5 Å². The van der Waals surface area contributed by atoms with Crippen molar-refractivity contribution in [3.8, 4) is 5.69 Å². The van der Waals surface area contributed by atoms with Crippen molar-refractivity contribution in [3.05, 3.63) is 49.8 Å². The van der Waals surface area contributed by atoms with Crippen LogP contribution in [0.2, 0.25) is 0 Å². The number of rotatable bonds is 3. The average Bonchev–Trinajstić information content (AvgIpc) is 2.57. The summed E-state index contributed by atoms with van der Waals surface area (Å²) in [6.45, 7) is 8.35. The highest BCUT2D eigenvalue weighted by Crippen LogP contribution is 2.18. The Bertz CT molecular complexity index is 653. The molecule has 1 aromatic carbocycles. The molecule has 1 N–H and O–H groups in total. The van der Waals surface area contributed by atoms with Gasteiger partial charge in [0.25, 0.3) is 5.56 Å². The smallest absolute Gasteiger partial charge is 0.285 e. The highest BCUT2D eigenvalue weighted by molar-refractivity contribution is 9.10. The van der Waals surface area contributed by atoms with Gasteiger partial charge in [-0.15, -0.1) is 0 Å². The molecule has 0 atom stereocenters. The van der Waals surface area contributed by atoms with Crippen molar-refractivity contribution in [1.82, 2.24) is 9.78 Å². The van der Waals surface area contributed by atoms with E-state index in [0.717, 1.165) is 23.4 Å². The highest BCUT2D eigenvalue weighted by Gasteiger charge is 2.14. The largest absolute Gasteiger partial charge is 0.294 e. The first-order valence-corrected chi connectivity index (χ1v) is 7.26. The molecule has 0 bridgehead atoms. The van der Waals surface area contributed by atoms with Crippen LogP contribution in [0.1, 0.15) is 30.7 Å². The Morgan fingerprint density at radius 3 is 2.58 bits per heavy atom. The van der Waals surface area contributed by atoms with Crippen molar-refractivity contribution >= 4 is 15.9 Å². The third-order valence-corrected chi connectivity index (χ3v) is 3.93. The molecule has 3 nitrogen and oxygen atoms in total. The number of benzene rings is 1.